The topological polar surface area (TPSA) is 54.7 Å². The monoisotopic (exact) mass is 309 g/mol. The Kier molecular flexibility index (Phi) is 3.65. The molecule has 2 atom stereocenters. The van der Waals surface area contributed by atoms with Crippen LogP contribution in [0.15, 0.2) is 18.2 Å². The van der Waals surface area contributed by atoms with Crippen LogP contribution in [0, 0.1) is 5.92 Å². The number of nitrogens with one attached hydrogen (secondary N) is 1. The van der Waals surface area contributed by atoms with E-state index < -0.39 is 0 Å². The van der Waals surface area contributed by atoms with Crippen molar-refractivity contribution in [3.8, 4) is 11.1 Å². The number of nitrogens with zero attached hydrogens (tertiary/aromatic N) is 1. The lowest BCUT2D eigenvalue weighted by atomic mass is 9.90. The number of anilines is 1. The Morgan fingerprint density at radius 1 is 1.20 bits per heavy atom. The molecule has 0 bridgehead atoms. The van der Waals surface area contributed by atoms with E-state index in [0.29, 0.717) is 27.7 Å². The van der Waals surface area contributed by atoms with Gasteiger partial charge in [-0.25, -0.2) is 0 Å². The molecule has 0 saturated heterocycles. The van der Waals surface area contributed by atoms with E-state index in [1.807, 2.05) is 18.2 Å². The van der Waals surface area contributed by atoms with Crippen LogP contribution in [0.4, 0.5) is 5.82 Å². The number of halogens is 2. The minimum atomic E-state index is 0.446. The SMILES string of the molecule is CC1CCCC1c1[nH]nc(N)c1-c1c(Cl)cccc1Cl. The number of nitrogen functional groups attached to an aromatic ring is 1. The fraction of sp³-hybridized carbons (Fsp3) is 0.400. The summed E-state index contributed by atoms with van der Waals surface area (Å²) in [5.74, 6) is 1.53. The van der Waals surface area contributed by atoms with Gasteiger partial charge in [-0.2, -0.15) is 5.10 Å². The van der Waals surface area contributed by atoms with Gasteiger partial charge in [0.1, 0.15) is 0 Å². The molecule has 3 nitrogen and oxygen atoms in total. The summed E-state index contributed by atoms with van der Waals surface area (Å²) in [6.07, 6.45) is 3.62. The van der Waals surface area contributed by atoms with E-state index in [-0.39, 0.29) is 0 Å². The van der Waals surface area contributed by atoms with E-state index in [0.717, 1.165) is 23.2 Å². The largest absolute Gasteiger partial charge is 0.382 e. The molecule has 1 aromatic carbocycles. The van der Waals surface area contributed by atoms with Crippen LogP contribution in [-0.4, -0.2) is 10.2 Å². The maximum Gasteiger partial charge on any atom is 0.153 e. The first kappa shape index (κ1) is 13.8. The van der Waals surface area contributed by atoms with Crippen LogP contribution in [0.3, 0.4) is 0 Å². The highest BCUT2D eigenvalue weighted by atomic mass is 35.5. The van der Waals surface area contributed by atoms with Crippen molar-refractivity contribution in [2.24, 2.45) is 5.92 Å². The van der Waals surface area contributed by atoms with Crippen molar-refractivity contribution in [3.05, 3.63) is 33.9 Å². The van der Waals surface area contributed by atoms with Gasteiger partial charge in [-0.1, -0.05) is 49.0 Å². The third-order valence-electron chi connectivity index (χ3n) is 4.27. The minimum absolute atomic E-state index is 0.446. The Hall–Kier alpha value is -1.19. The van der Waals surface area contributed by atoms with E-state index in [2.05, 4.69) is 17.1 Å². The molecule has 20 heavy (non-hydrogen) atoms. The van der Waals surface area contributed by atoms with Crippen LogP contribution >= 0.6 is 23.2 Å². The molecule has 1 fully saturated rings. The van der Waals surface area contributed by atoms with Crippen molar-refractivity contribution >= 4 is 29.0 Å². The first-order valence-corrected chi connectivity index (χ1v) is 7.63. The summed E-state index contributed by atoms with van der Waals surface area (Å²) in [6.45, 7) is 2.27. The van der Waals surface area contributed by atoms with Crippen molar-refractivity contribution in [2.75, 3.05) is 5.73 Å². The number of aromatic amines is 1. The Bertz CT molecular complexity index is 616. The first-order chi connectivity index (χ1) is 9.59. The van der Waals surface area contributed by atoms with Crippen LogP contribution in [0.1, 0.15) is 37.8 Å². The molecule has 0 spiro atoms. The molecule has 1 aromatic heterocycles. The van der Waals surface area contributed by atoms with E-state index >= 15 is 0 Å². The van der Waals surface area contributed by atoms with E-state index in [1.165, 1.54) is 12.8 Å². The van der Waals surface area contributed by atoms with Crippen LogP contribution in [0.25, 0.3) is 11.1 Å². The molecule has 2 unspecified atom stereocenters. The summed E-state index contributed by atoms with van der Waals surface area (Å²) in [6, 6.07) is 5.50. The number of rotatable bonds is 2. The van der Waals surface area contributed by atoms with Gasteiger partial charge in [0.2, 0.25) is 0 Å². The van der Waals surface area contributed by atoms with Crippen molar-refractivity contribution in [3.63, 3.8) is 0 Å². The highest BCUT2D eigenvalue weighted by Gasteiger charge is 2.31. The number of hydrogen-bond donors (Lipinski definition) is 2. The molecular weight excluding hydrogens is 293 g/mol. The Morgan fingerprint density at radius 3 is 2.50 bits per heavy atom. The number of hydrogen-bond acceptors (Lipinski definition) is 2. The Morgan fingerprint density at radius 2 is 1.90 bits per heavy atom. The maximum atomic E-state index is 6.33. The zero-order chi connectivity index (χ0) is 14.3. The summed E-state index contributed by atoms with van der Waals surface area (Å²) in [5, 5.41) is 8.51. The molecule has 0 amide bonds. The molecule has 2 aromatic rings. The van der Waals surface area contributed by atoms with E-state index in [9.17, 15) is 0 Å². The summed E-state index contributed by atoms with van der Waals surface area (Å²) in [7, 11) is 0. The molecule has 1 aliphatic carbocycles. The lowest BCUT2D eigenvalue weighted by molar-refractivity contribution is 0.522. The highest BCUT2D eigenvalue weighted by Crippen LogP contribution is 2.46. The third kappa shape index (κ3) is 2.19. The summed E-state index contributed by atoms with van der Waals surface area (Å²) in [4.78, 5) is 0. The first-order valence-electron chi connectivity index (χ1n) is 6.87. The number of H-pyrrole nitrogens is 1. The van der Waals surface area contributed by atoms with Crippen molar-refractivity contribution in [1.82, 2.24) is 10.2 Å². The molecule has 1 saturated carbocycles. The maximum absolute atomic E-state index is 6.33. The van der Waals surface area contributed by atoms with Gasteiger partial charge in [-0.15, -0.1) is 0 Å². The van der Waals surface area contributed by atoms with Gasteiger partial charge in [-0.05, 0) is 24.5 Å². The van der Waals surface area contributed by atoms with Gasteiger partial charge in [0.25, 0.3) is 0 Å². The average molecular weight is 310 g/mol. The van der Waals surface area contributed by atoms with Crippen molar-refractivity contribution in [2.45, 2.75) is 32.1 Å². The van der Waals surface area contributed by atoms with Gasteiger partial charge in [0, 0.05) is 22.7 Å². The Labute approximate surface area is 128 Å². The molecule has 1 aliphatic rings. The fourth-order valence-electron chi connectivity index (χ4n) is 3.21. The summed E-state index contributed by atoms with van der Waals surface area (Å²) >= 11 is 12.7. The normalized spacial score (nSPS) is 22.4. The van der Waals surface area contributed by atoms with Crippen LogP contribution in [0.5, 0.6) is 0 Å². The van der Waals surface area contributed by atoms with Crippen molar-refractivity contribution in [1.29, 1.82) is 0 Å². The predicted molar refractivity (Wildman–Crippen MR) is 84.2 cm³/mol. The zero-order valence-corrected chi connectivity index (χ0v) is 12.8. The Balaban J connectivity index is 2.17. The number of aromatic nitrogens is 2. The lowest BCUT2D eigenvalue weighted by Crippen LogP contribution is -2.04. The summed E-state index contributed by atoms with van der Waals surface area (Å²) < 4.78 is 0. The average Bonchev–Trinajstić information content (AvgIpc) is 2.97. The van der Waals surface area contributed by atoms with Crippen LogP contribution in [-0.2, 0) is 0 Å². The van der Waals surface area contributed by atoms with Gasteiger partial charge >= 0.3 is 0 Å². The van der Waals surface area contributed by atoms with Crippen LogP contribution < -0.4 is 5.73 Å². The molecule has 5 heteroatoms. The fourth-order valence-corrected chi connectivity index (χ4v) is 3.80. The highest BCUT2D eigenvalue weighted by molar-refractivity contribution is 6.39. The number of nitrogens with two attached hydrogens (primary N) is 1. The second kappa shape index (κ2) is 5.30. The van der Waals surface area contributed by atoms with Gasteiger partial charge in [-0.3, -0.25) is 5.10 Å². The van der Waals surface area contributed by atoms with E-state index in [1.54, 1.807) is 0 Å². The second-order valence-electron chi connectivity index (χ2n) is 5.51. The molecule has 3 rings (SSSR count). The molecule has 1 heterocycles. The van der Waals surface area contributed by atoms with Gasteiger partial charge in [0.05, 0.1) is 10.0 Å². The quantitative estimate of drug-likeness (QED) is 0.831. The van der Waals surface area contributed by atoms with E-state index in [4.69, 9.17) is 28.9 Å². The van der Waals surface area contributed by atoms with Gasteiger partial charge < -0.3 is 5.73 Å². The molecule has 3 N–H and O–H groups in total. The smallest absolute Gasteiger partial charge is 0.153 e. The minimum Gasteiger partial charge on any atom is -0.382 e. The molecule has 0 radical (unpaired) electrons. The number of benzene rings is 1. The predicted octanol–water partition coefficient (Wildman–Crippen LogP) is 4.87. The zero-order valence-electron chi connectivity index (χ0n) is 11.3. The van der Waals surface area contributed by atoms with Crippen molar-refractivity contribution < 1.29 is 0 Å². The second-order valence-corrected chi connectivity index (χ2v) is 6.32. The van der Waals surface area contributed by atoms with Crippen LogP contribution in [0.2, 0.25) is 10.0 Å². The van der Waals surface area contributed by atoms with Gasteiger partial charge in [0.15, 0.2) is 5.82 Å². The summed E-state index contributed by atoms with van der Waals surface area (Å²) in [5.41, 5.74) is 8.80. The third-order valence-corrected chi connectivity index (χ3v) is 4.90. The lowest BCUT2D eigenvalue weighted by Gasteiger charge is -2.17. The molecule has 0 aliphatic heterocycles. The standard InChI is InChI=1S/C15H17Cl2N3/c1-8-4-2-5-9(8)14-13(15(18)20-19-14)12-10(16)6-3-7-11(12)17/h3,6-9H,2,4-5H2,1H3,(H3,18,19,20). The molecular formula is C15H17Cl2N3. The molecule has 106 valence electrons.